The van der Waals surface area contributed by atoms with Crippen molar-refractivity contribution in [2.45, 2.75) is 32.1 Å². The Labute approximate surface area is 170 Å². The molecule has 1 fully saturated rings. The summed E-state index contributed by atoms with van der Waals surface area (Å²) in [5.41, 5.74) is 7.23. The molecule has 1 saturated heterocycles. The first kappa shape index (κ1) is 22.0. The van der Waals surface area contributed by atoms with Crippen LogP contribution in [0.4, 0.5) is 0 Å². The number of likely N-dealkylation sites (tertiary alicyclic amines) is 1. The normalized spacial score (nSPS) is 16.2. The minimum absolute atomic E-state index is 0. The number of halogens is 1. The number of aliphatic imine (C=N–C) groups is 1. The SMILES string of the molecule is C=CCNC(N)=NCCCCN1CCC(Cc2ccccc2)CC1.I. The van der Waals surface area contributed by atoms with Gasteiger partial charge in [-0.05, 0) is 63.2 Å². The van der Waals surface area contributed by atoms with Gasteiger partial charge in [-0.2, -0.15) is 0 Å². The van der Waals surface area contributed by atoms with Crippen LogP contribution in [0.2, 0.25) is 0 Å². The highest BCUT2D eigenvalue weighted by Crippen LogP contribution is 2.21. The quantitative estimate of drug-likeness (QED) is 0.197. The van der Waals surface area contributed by atoms with Gasteiger partial charge < -0.3 is 16.0 Å². The van der Waals surface area contributed by atoms with E-state index in [0.717, 1.165) is 18.9 Å². The van der Waals surface area contributed by atoms with Crippen LogP contribution in [0.1, 0.15) is 31.2 Å². The van der Waals surface area contributed by atoms with Gasteiger partial charge in [-0.15, -0.1) is 30.6 Å². The van der Waals surface area contributed by atoms with Crippen LogP contribution in [-0.4, -0.2) is 43.6 Å². The Morgan fingerprint density at radius 3 is 2.64 bits per heavy atom. The van der Waals surface area contributed by atoms with Crippen molar-refractivity contribution in [3.63, 3.8) is 0 Å². The Morgan fingerprint density at radius 1 is 1.24 bits per heavy atom. The van der Waals surface area contributed by atoms with Crippen molar-refractivity contribution in [2.75, 3.05) is 32.7 Å². The molecule has 25 heavy (non-hydrogen) atoms. The zero-order valence-electron chi connectivity index (χ0n) is 15.2. The van der Waals surface area contributed by atoms with E-state index < -0.39 is 0 Å². The molecule has 1 aliphatic heterocycles. The van der Waals surface area contributed by atoms with Crippen molar-refractivity contribution in [1.82, 2.24) is 10.2 Å². The third kappa shape index (κ3) is 9.26. The number of hydrogen-bond acceptors (Lipinski definition) is 2. The smallest absolute Gasteiger partial charge is 0.188 e. The molecular formula is C20H33IN4. The average molecular weight is 456 g/mol. The summed E-state index contributed by atoms with van der Waals surface area (Å²) in [5.74, 6) is 1.38. The van der Waals surface area contributed by atoms with Crippen LogP contribution in [-0.2, 0) is 6.42 Å². The Bertz CT molecular complexity index is 496. The van der Waals surface area contributed by atoms with E-state index in [-0.39, 0.29) is 24.0 Å². The van der Waals surface area contributed by atoms with Crippen LogP contribution in [0, 0.1) is 5.92 Å². The van der Waals surface area contributed by atoms with Gasteiger partial charge in [0.25, 0.3) is 0 Å². The third-order valence-corrected chi connectivity index (χ3v) is 4.67. The van der Waals surface area contributed by atoms with E-state index in [1.807, 2.05) is 0 Å². The maximum atomic E-state index is 5.74. The number of benzene rings is 1. The molecule has 0 unspecified atom stereocenters. The molecule has 4 nitrogen and oxygen atoms in total. The van der Waals surface area contributed by atoms with Crippen molar-refractivity contribution in [3.8, 4) is 0 Å². The van der Waals surface area contributed by atoms with Gasteiger partial charge >= 0.3 is 0 Å². The van der Waals surface area contributed by atoms with E-state index in [1.165, 1.54) is 50.9 Å². The molecule has 0 aromatic heterocycles. The highest BCUT2D eigenvalue weighted by molar-refractivity contribution is 14.0. The second-order valence-electron chi connectivity index (χ2n) is 6.62. The fourth-order valence-corrected chi connectivity index (χ4v) is 3.24. The zero-order valence-corrected chi connectivity index (χ0v) is 17.5. The fourth-order valence-electron chi connectivity index (χ4n) is 3.24. The maximum absolute atomic E-state index is 5.74. The summed E-state index contributed by atoms with van der Waals surface area (Å²) in [5, 5.41) is 3.00. The third-order valence-electron chi connectivity index (χ3n) is 4.67. The number of unbranched alkanes of at least 4 members (excludes halogenated alkanes) is 1. The Morgan fingerprint density at radius 2 is 1.96 bits per heavy atom. The first-order valence-corrected chi connectivity index (χ1v) is 9.19. The van der Waals surface area contributed by atoms with Crippen molar-refractivity contribution < 1.29 is 0 Å². The molecular weight excluding hydrogens is 423 g/mol. The molecule has 1 heterocycles. The summed E-state index contributed by atoms with van der Waals surface area (Å²) in [7, 11) is 0. The molecule has 0 amide bonds. The van der Waals surface area contributed by atoms with E-state index in [4.69, 9.17) is 5.73 Å². The lowest BCUT2D eigenvalue weighted by Crippen LogP contribution is -2.35. The van der Waals surface area contributed by atoms with Crippen molar-refractivity contribution in [2.24, 2.45) is 16.6 Å². The highest BCUT2D eigenvalue weighted by atomic mass is 127. The summed E-state index contributed by atoms with van der Waals surface area (Å²) in [6.45, 7) is 8.79. The van der Waals surface area contributed by atoms with Gasteiger partial charge in [-0.25, -0.2) is 0 Å². The standard InChI is InChI=1S/C20H32N4.HI/c1-2-12-22-20(21)23-13-6-7-14-24-15-10-19(11-16-24)17-18-8-4-3-5-9-18;/h2-5,8-9,19H,1,6-7,10-17H2,(H3,21,22,23);1H. The number of nitrogens with zero attached hydrogens (tertiary/aromatic N) is 2. The van der Waals surface area contributed by atoms with Gasteiger partial charge in [0.05, 0.1) is 0 Å². The van der Waals surface area contributed by atoms with Gasteiger partial charge in [-0.3, -0.25) is 4.99 Å². The molecule has 0 spiro atoms. The molecule has 1 aliphatic rings. The minimum atomic E-state index is 0. The summed E-state index contributed by atoms with van der Waals surface area (Å²) >= 11 is 0. The monoisotopic (exact) mass is 456 g/mol. The van der Waals surface area contributed by atoms with E-state index in [1.54, 1.807) is 6.08 Å². The first-order valence-electron chi connectivity index (χ1n) is 9.19. The number of hydrogen-bond donors (Lipinski definition) is 2. The summed E-state index contributed by atoms with van der Waals surface area (Å²) < 4.78 is 0. The molecule has 1 aromatic rings. The number of guanidine groups is 1. The summed E-state index contributed by atoms with van der Waals surface area (Å²) in [4.78, 5) is 6.92. The molecule has 0 bridgehead atoms. The fraction of sp³-hybridized carbons (Fsp3) is 0.550. The lowest BCUT2D eigenvalue weighted by molar-refractivity contribution is 0.181. The first-order chi connectivity index (χ1) is 11.8. The number of piperidine rings is 1. The number of nitrogens with one attached hydrogen (secondary N) is 1. The molecule has 1 aromatic carbocycles. The van der Waals surface area contributed by atoms with E-state index >= 15 is 0 Å². The van der Waals surface area contributed by atoms with Gasteiger partial charge in [0.1, 0.15) is 0 Å². The molecule has 0 radical (unpaired) electrons. The predicted molar refractivity (Wildman–Crippen MR) is 119 cm³/mol. The second-order valence-corrected chi connectivity index (χ2v) is 6.62. The van der Waals surface area contributed by atoms with Crippen molar-refractivity contribution in [3.05, 3.63) is 48.6 Å². The molecule has 5 heteroatoms. The van der Waals surface area contributed by atoms with E-state index in [0.29, 0.717) is 12.5 Å². The Balaban J connectivity index is 0.00000312. The lowest BCUT2D eigenvalue weighted by atomic mass is 9.90. The summed E-state index contributed by atoms with van der Waals surface area (Å²) in [6, 6.07) is 10.9. The largest absolute Gasteiger partial charge is 0.370 e. The lowest BCUT2D eigenvalue weighted by Gasteiger charge is -2.32. The van der Waals surface area contributed by atoms with E-state index in [2.05, 4.69) is 52.1 Å². The number of nitrogens with two attached hydrogens (primary N) is 1. The molecule has 0 aliphatic carbocycles. The predicted octanol–water partition coefficient (Wildman–Crippen LogP) is 3.43. The molecule has 140 valence electrons. The second kappa shape index (κ2) is 13.2. The highest BCUT2D eigenvalue weighted by Gasteiger charge is 2.18. The van der Waals surface area contributed by atoms with Gasteiger partial charge in [0.15, 0.2) is 5.96 Å². The van der Waals surface area contributed by atoms with Crippen LogP contribution >= 0.6 is 24.0 Å². The van der Waals surface area contributed by atoms with Crippen LogP contribution in [0.25, 0.3) is 0 Å². The van der Waals surface area contributed by atoms with E-state index in [9.17, 15) is 0 Å². The zero-order chi connectivity index (χ0) is 17.0. The molecule has 3 N–H and O–H groups in total. The minimum Gasteiger partial charge on any atom is -0.370 e. The van der Waals surface area contributed by atoms with Crippen LogP contribution in [0.3, 0.4) is 0 Å². The summed E-state index contributed by atoms with van der Waals surface area (Å²) in [6.07, 6.45) is 7.96. The van der Waals surface area contributed by atoms with Crippen LogP contribution in [0.5, 0.6) is 0 Å². The average Bonchev–Trinajstić information content (AvgIpc) is 2.62. The van der Waals surface area contributed by atoms with Crippen molar-refractivity contribution >= 4 is 29.9 Å². The van der Waals surface area contributed by atoms with Crippen LogP contribution in [0.15, 0.2) is 48.0 Å². The topological polar surface area (TPSA) is 53.6 Å². The Kier molecular flexibility index (Phi) is 11.6. The van der Waals surface area contributed by atoms with Gasteiger partial charge in [0.2, 0.25) is 0 Å². The van der Waals surface area contributed by atoms with Gasteiger partial charge in [0, 0.05) is 13.1 Å². The van der Waals surface area contributed by atoms with Crippen molar-refractivity contribution in [1.29, 1.82) is 0 Å². The maximum Gasteiger partial charge on any atom is 0.188 e. The molecule has 2 rings (SSSR count). The van der Waals surface area contributed by atoms with Crippen LogP contribution < -0.4 is 11.1 Å². The molecule has 0 atom stereocenters. The number of rotatable bonds is 9. The van der Waals surface area contributed by atoms with Gasteiger partial charge in [-0.1, -0.05) is 36.4 Å². The molecule has 0 saturated carbocycles. The Hall–Kier alpha value is -1.08.